The topological polar surface area (TPSA) is 110 Å². The number of β-amino-alcohol motifs (C(OH)–C–C–N with tert-alkyl or cyclic N) is 1. The summed E-state index contributed by atoms with van der Waals surface area (Å²) in [4.78, 5) is 20.2. The van der Waals surface area contributed by atoms with E-state index in [1.807, 2.05) is 19.9 Å². The first-order valence-electron chi connectivity index (χ1n) is 12.8. The Hall–Kier alpha value is -2.64. The number of carboxylic acids is 2. The van der Waals surface area contributed by atoms with E-state index in [1.54, 1.807) is 0 Å². The average molecular weight is 585 g/mol. The van der Waals surface area contributed by atoms with Crippen LogP contribution >= 0.6 is 0 Å². The third-order valence-electron chi connectivity index (χ3n) is 5.97. The molecule has 1 aromatic carbocycles. The van der Waals surface area contributed by atoms with Gasteiger partial charge in [-0.05, 0) is 56.9 Å². The third-order valence-corrected chi connectivity index (χ3v) is 5.97. The molecule has 2 aliphatic carbocycles. The van der Waals surface area contributed by atoms with Crippen LogP contribution in [0.25, 0.3) is 6.08 Å². The van der Waals surface area contributed by atoms with Crippen molar-refractivity contribution in [2.45, 2.75) is 82.9 Å². The van der Waals surface area contributed by atoms with Crippen LogP contribution in [-0.4, -0.2) is 81.8 Å². The molecule has 1 saturated heterocycles. The molecule has 1 heterocycles. The van der Waals surface area contributed by atoms with Crippen LogP contribution < -0.4 is 5.32 Å². The maximum absolute atomic E-state index is 10.6. The fourth-order valence-electron chi connectivity index (χ4n) is 4.32. The predicted molar refractivity (Wildman–Crippen MR) is 137 cm³/mol. The van der Waals surface area contributed by atoms with Gasteiger partial charge in [-0.2, -0.15) is 26.3 Å². The normalized spacial score (nSPS) is 18.6. The second-order valence-corrected chi connectivity index (χ2v) is 10.8. The Morgan fingerprint density at radius 1 is 0.950 bits per heavy atom. The van der Waals surface area contributed by atoms with Gasteiger partial charge < -0.3 is 20.6 Å². The Morgan fingerprint density at radius 3 is 1.75 bits per heavy atom. The number of allylic oxidation sites excluding steroid dienone is 1. The second kappa shape index (κ2) is 14.8. The van der Waals surface area contributed by atoms with Crippen LogP contribution in [0.2, 0.25) is 0 Å². The minimum atomic E-state index is -5.08. The van der Waals surface area contributed by atoms with Crippen LogP contribution in [0.15, 0.2) is 36.4 Å². The Morgan fingerprint density at radius 2 is 1.40 bits per heavy atom. The van der Waals surface area contributed by atoms with Gasteiger partial charge in [0.05, 0.1) is 5.60 Å². The highest BCUT2D eigenvalue weighted by Crippen LogP contribution is 2.49. The molecule has 1 aromatic rings. The Bertz CT molecular complexity index is 919. The maximum Gasteiger partial charge on any atom is 0.490 e. The lowest BCUT2D eigenvalue weighted by Crippen LogP contribution is -2.67. The van der Waals surface area contributed by atoms with Crippen LogP contribution in [0.5, 0.6) is 0 Å². The molecular formula is C27H38F6N2O5. The summed E-state index contributed by atoms with van der Waals surface area (Å²) in [6.45, 7) is 9.18. The van der Waals surface area contributed by atoms with Gasteiger partial charge in [-0.1, -0.05) is 49.4 Å². The zero-order valence-electron chi connectivity index (χ0n) is 22.7. The Kier molecular flexibility index (Phi) is 13.1. The molecule has 4 N–H and O–H groups in total. The monoisotopic (exact) mass is 584 g/mol. The van der Waals surface area contributed by atoms with Gasteiger partial charge in [-0.25, -0.2) is 9.59 Å². The van der Waals surface area contributed by atoms with Crippen molar-refractivity contribution in [2.24, 2.45) is 5.41 Å². The van der Waals surface area contributed by atoms with Crippen molar-refractivity contribution in [1.29, 1.82) is 0 Å². The predicted octanol–water partition coefficient (Wildman–Crippen LogP) is 5.35. The molecule has 13 heteroatoms. The molecule has 4 rings (SSSR count). The number of carboxylic acid groups (broad SMARTS) is 2. The van der Waals surface area contributed by atoms with Gasteiger partial charge in [-0.15, -0.1) is 0 Å². The Balaban J connectivity index is 0.000000289. The summed E-state index contributed by atoms with van der Waals surface area (Å²) in [5.74, 6) is -5.51. The third kappa shape index (κ3) is 14.7. The lowest BCUT2D eigenvalue weighted by molar-refractivity contribution is -0.193. The first-order chi connectivity index (χ1) is 18.3. The van der Waals surface area contributed by atoms with E-state index >= 15 is 0 Å². The standard InChI is InChI=1S/C13H24N2O.C10H12.2C2HF3O2/c1-12(2,16)7-15-8-13(9-15)5-11(6-13)14-10-3-4-10;1-2-3-7-10-8-5-4-6-9-10;2*3-2(4,5)1(6)7/h10-11,14,16H,3-9H2,1-2H3;3-9H,2H2,1H3;2*(H,6,7)/b;7-3-;;. The Labute approximate surface area is 229 Å². The zero-order valence-corrected chi connectivity index (χ0v) is 22.7. The summed E-state index contributed by atoms with van der Waals surface area (Å²) >= 11 is 0. The van der Waals surface area contributed by atoms with Crippen molar-refractivity contribution >= 4 is 18.0 Å². The number of rotatable bonds is 6. The summed E-state index contributed by atoms with van der Waals surface area (Å²) in [5.41, 5.74) is 1.37. The maximum atomic E-state index is 10.6. The van der Waals surface area contributed by atoms with Gasteiger partial charge in [0.2, 0.25) is 0 Å². The van der Waals surface area contributed by atoms with E-state index in [9.17, 15) is 31.4 Å². The van der Waals surface area contributed by atoms with Crippen molar-refractivity contribution in [2.75, 3.05) is 19.6 Å². The number of benzene rings is 1. The van der Waals surface area contributed by atoms with Crippen LogP contribution in [-0.2, 0) is 9.59 Å². The van der Waals surface area contributed by atoms with E-state index in [0.29, 0.717) is 5.41 Å². The minimum absolute atomic E-state index is 0.531. The van der Waals surface area contributed by atoms with Gasteiger partial charge in [0.25, 0.3) is 0 Å². The molecule has 3 fully saturated rings. The molecule has 2 saturated carbocycles. The van der Waals surface area contributed by atoms with Crippen molar-refractivity contribution in [3.8, 4) is 0 Å². The van der Waals surface area contributed by atoms with Gasteiger partial charge in [0.1, 0.15) is 0 Å². The van der Waals surface area contributed by atoms with Gasteiger partial charge in [0, 0.05) is 31.7 Å². The molecule has 0 radical (unpaired) electrons. The number of nitrogens with zero attached hydrogens (tertiary/aromatic N) is 1. The largest absolute Gasteiger partial charge is 0.490 e. The number of aliphatic hydroxyl groups is 1. The summed E-state index contributed by atoms with van der Waals surface area (Å²) in [7, 11) is 0. The molecule has 3 aliphatic rings. The summed E-state index contributed by atoms with van der Waals surface area (Å²) in [5, 5.41) is 27.7. The van der Waals surface area contributed by atoms with Gasteiger partial charge in [0.15, 0.2) is 0 Å². The molecule has 40 heavy (non-hydrogen) atoms. The molecule has 0 bridgehead atoms. The molecule has 1 spiro atoms. The number of carbonyl (C=O) groups is 2. The van der Waals surface area contributed by atoms with Crippen LogP contribution in [0.4, 0.5) is 26.3 Å². The molecule has 0 aromatic heterocycles. The number of alkyl halides is 6. The summed E-state index contributed by atoms with van der Waals surface area (Å²) < 4.78 is 63.5. The number of aliphatic carboxylic acids is 2. The second-order valence-electron chi connectivity index (χ2n) is 10.8. The zero-order chi connectivity index (χ0) is 30.8. The fourth-order valence-corrected chi connectivity index (χ4v) is 4.32. The highest BCUT2D eigenvalue weighted by atomic mass is 19.4. The highest BCUT2D eigenvalue weighted by Gasteiger charge is 2.53. The van der Waals surface area contributed by atoms with E-state index < -0.39 is 29.9 Å². The minimum Gasteiger partial charge on any atom is -0.475 e. The number of hydrogen-bond acceptors (Lipinski definition) is 5. The first kappa shape index (κ1) is 35.4. The molecule has 1 aliphatic heterocycles. The van der Waals surface area contributed by atoms with Gasteiger partial charge >= 0.3 is 24.3 Å². The molecule has 0 unspecified atom stereocenters. The number of hydrogen-bond donors (Lipinski definition) is 4. The molecule has 7 nitrogen and oxygen atoms in total. The van der Waals surface area contributed by atoms with E-state index in [-0.39, 0.29) is 0 Å². The van der Waals surface area contributed by atoms with Crippen molar-refractivity contribution in [3.63, 3.8) is 0 Å². The van der Waals surface area contributed by atoms with E-state index in [4.69, 9.17) is 19.8 Å². The lowest BCUT2D eigenvalue weighted by atomic mass is 9.60. The van der Waals surface area contributed by atoms with Crippen LogP contribution in [0, 0.1) is 5.41 Å². The summed E-state index contributed by atoms with van der Waals surface area (Å²) in [6, 6.07) is 12.0. The molecule has 0 amide bonds. The molecular weight excluding hydrogens is 546 g/mol. The fraction of sp³-hybridized carbons (Fsp3) is 0.630. The molecule has 0 atom stereocenters. The van der Waals surface area contributed by atoms with E-state index in [1.165, 1.54) is 44.3 Å². The van der Waals surface area contributed by atoms with Crippen LogP contribution in [0.1, 0.15) is 58.4 Å². The smallest absolute Gasteiger partial charge is 0.475 e. The van der Waals surface area contributed by atoms with Gasteiger partial charge in [-0.3, -0.25) is 4.90 Å². The average Bonchev–Trinajstić information content (AvgIpc) is 3.59. The van der Waals surface area contributed by atoms with Crippen molar-refractivity contribution < 1.29 is 51.3 Å². The van der Waals surface area contributed by atoms with E-state index in [2.05, 4.69) is 53.6 Å². The number of halogens is 6. The summed E-state index contributed by atoms with van der Waals surface area (Å²) in [6.07, 6.45) is 0.768. The van der Waals surface area contributed by atoms with Crippen molar-refractivity contribution in [1.82, 2.24) is 10.2 Å². The SMILES string of the molecule is CC(C)(O)CN1CC2(CC(NC3CC3)C2)C1.CC/C=C\c1ccccc1.O=C(O)C(F)(F)F.O=C(O)C(F)(F)F. The number of nitrogens with one attached hydrogen (secondary N) is 1. The lowest BCUT2D eigenvalue weighted by Gasteiger charge is -2.60. The van der Waals surface area contributed by atoms with Crippen molar-refractivity contribution in [3.05, 3.63) is 42.0 Å². The quantitative estimate of drug-likeness (QED) is 0.334. The highest BCUT2D eigenvalue weighted by molar-refractivity contribution is 5.73. The van der Waals surface area contributed by atoms with E-state index in [0.717, 1.165) is 25.0 Å². The number of likely N-dealkylation sites (tertiary alicyclic amines) is 1. The molecule has 228 valence electrons. The first-order valence-corrected chi connectivity index (χ1v) is 12.8. The van der Waals surface area contributed by atoms with Crippen LogP contribution in [0.3, 0.4) is 0 Å².